The van der Waals surface area contributed by atoms with Gasteiger partial charge in [-0.15, -0.1) is 11.3 Å². The molecule has 1 heterocycles. The molecule has 8 aromatic rings. The van der Waals surface area contributed by atoms with Crippen LogP contribution in [0.2, 0.25) is 0 Å². The molecule has 9 rings (SSSR count). The fourth-order valence-corrected chi connectivity index (χ4v) is 8.66. The quantitative estimate of drug-likeness (QED) is 0.162. The van der Waals surface area contributed by atoms with Crippen LogP contribution in [0.4, 0.5) is 17.1 Å². The molecule has 0 bridgehead atoms. The van der Waals surface area contributed by atoms with E-state index in [4.69, 9.17) is 0 Å². The summed E-state index contributed by atoms with van der Waals surface area (Å²) in [7, 11) is 0. The Labute approximate surface area is 313 Å². The number of anilines is 3. The summed E-state index contributed by atoms with van der Waals surface area (Å²) in [5.74, 6) is 0. The predicted octanol–water partition coefficient (Wildman–Crippen LogP) is 14.2. The number of benzene rings is 7. The van der Waals surface area contributed by atoms with E-state index in [2.05, 4.69) is 77.7 Å². The fourth-order valence-electron chi connectivity index (χ4n) is 7.28. The third-order valence-corrected chi connectivity index (χ3v) is 11.0. The van der Waals surface area contributed by atoms with Crippen LogP contribution >= 0.6 is 11.3 Å². The molecule has 0 atom stereocenters. The lowest BCUT2D eigenvalue weighted by molar-refractivity contribution is 0.664. The summed E-state index contributed by atoms with van der Waals surface area (Å²) in [5, 5.41) is 0. The molecule has 2 heteroatoms. The average Bonchev–Trinajstić information content (AvgIpc) is 3.77. The summed E-state index contributed by atoms with van der Waals surface area (Å²) in [6, 6.07) is 62.0. The molecule has 244 valence electrons. The van der Waals surface area contributed by atoms with Gasteiger partial charge in [-0.1, -0.05) is 165 Å². The van der Waals surface area contributed by atoms with Crippen molar-refractivity contribution in [1.29, 1.82) is 0 Å². The lowest BCUT2D eigenvalue weighted by atomic mass is 9.81. The Bertz CT molecular complexity index is 2570. The molecular weight excluding hydrogens is 635 g/mol. The second kappa shape index (κ2) is 12.7. The van der Waals surface area contributed by atoms with Crippen LogP contribution in [-0.4, -0.2) is 0 Å². The maximum atomic E-state index is 9.25. The van der Waals surface area contributed by atoms with Crippen LogP contribution in [0.5, 0.6) is 0 Å². The first-order chi connectivity index (χ1) is 27.6. The minimum Gasteiger partial charge on any atom is -0.310 e. The summed E-state index contributed by atoms with van der Waals surface area (Å²) < 4.78 is 55.5. The summed E-state index contributed by atoms with van der Waals surface area (Å²) in [4.78, 5) is 3.58. The molecule has 1 aromatic heterocycles. The van der Waals surface area contributed by atoms with Crippen LogP contribution < -0.4 is 4.90 Å². The molecule has 1 aliphatic rings. The molecular formula is C49H37NS. The van der Waals surface area contributed by atoms with E-state index in [1.807, 2.05) is 115 Å². The average molecular weight is 678 g/mol. The lowest BCUT2D eigenvalue weighted by Crippen LogP contribution is -2.17. The molecule has 0 unspecified atom stereocenters. The Kier molecular flexibility index (Phi) is 6.26. The van der Waals surface area contributed by atoms with Gasteiger partial charge in [-0.3, -0.25) is 0 Å². The SMILES string of the molecule is [2H]C([2H])([2H])C1(C([2H])([2H])[2H])c2cc(N(c3ccc(-c4ccccc4)cc3)c3ccc(-c4ccccc4)cc3)ccc2-c2c(-c3ccccc3)sc(-c3ccccc3)c21. The van der Waals surface area contributed by atoms with Gasteiger partial charge in [-0.25, -0.2) is 0 Å². The maximum absolute atomic E-state index is 9.25. The van der Waals surface area contributed by atoms with E-state index < -0.39 is 19.1 Å². The van der Waals surface area contributed by atoms with Gasteiger partial charge >= 0.3 is 0 Å². The van der Waals surface area contributed by atoms with Crippen molar-refractivity contribution in [3.05, 3.63) is 199 Å². The lowest BCUT2D eigenvalue weighted by Gasteiger charge is -2.29. The number of rotatable bonds is 7. The predicted molar refractivity (Wildman–Crippen MR) is 218 cm³/mol. The molecule has 1 nitrogen and oxygen atoms in total. The summed E-state index contributed by atoms with van der Waals surface area (Å²) in [6.45, 7) is -5.90. The first kappa shape index (κ1) is 25.1. The monoisotopic (exact) mass is 677 g/mol. The summed E-state index contributed by atoms with van der Waals surface area (Å²) in [6.07, 6.45) is 0. The second-order valence-corrected chi connectivity index (χ2v) is 13.9. The molecule has 51 heavy (non-hydrogen) atoms. The largest absolute Gasteiger partial charge is 0.310 e. The van der Waals surface area contributed by atoms with Crippen molar-refractivity contribution in [2.24, 2.45) is 0 Å². The minimum atomic E-state index is -2.95. The van der Waals surface area contributed by atoms with Crippen molar-refractivity contribution in [2.45, 2.75) is 19.1 Å². The number of hydrogen-bond acceptors (Lipinski definition) is 2. The molecule has 0 saturated heterocycles. The van der Waals surface area contributed by atoms with Crippen molar-refractivity contribution in [3.8, 4) is 54.3 Å². The Hall–Kier alpha value is -5.96. The third kappa shape index (κ3) is 5.49. The molecule has 7 aromatic carbocycles. The Morgan fingerprint density at radius 1 is 0.431 bits per heavy atom. The fraction of sp³-hybridized carbons (Fsp3) is 0.0612. The minimum absolute atomic E-state index is 0.277. The van der Waals surface area contributed by atoms with Crippen molar-refractivity contribution in [1.82, 2.24) is 0 Å². The van der Waals surface area contributed by atoms with Gasteiger partial charge in [0.2, 0.25) is 0 Å². The van der Waals surface area contributed by atoms with E-state index in [9.17, 15) is 8.22 Å². The van der Waals surface area contributed by atoms with Gasteiger partial charge in [0.25, 0.3) is 0 Å². The number of hydrogen-bond donors (Lipinski definition) is 0. The van der Waals surface area contributed by atoms with Gasteiger partial charge in [-0.05, 0) is 86.5 Å². The molecule has 1 aliphatic carbocycles. The van der Waals surface area contributed by atoms with Crippen LogP contribution in [-0.2, 0) is 5.41 Å². The van der Waals surface area contributed by atoms with Crippen LogP contribution in [0.3, 0.4) is 0 Å². The Balaban J connectivity index is 1.29. The Morgan fingerprint density at radius 2 is 0.843 bits per heavy atom. The van der Waals surface area contributed by atoms with Crippen LogP contribution in [0.15, 0.2) is 188 Å². The van der Waals surface area contributed by atoms with Gasteiger partial charge < -0.3 is 4.90 Å². The first-order valence-corrected chi connectivity index (χ1v) is 17.9. The normalized spacial score (nSPS) is 14.9. The highest BCUT2D eigenvalue weighted by Gasteiger charge is 2.41. The van der Waals surface area contributed by atoms with Crippen LogP contribution in [0, 0.1) is 0 Å². The maximum Gasteiger partial charge on any atom is 0.0465 e. The molecule has 0 spiro atoms. The van der Waals surface area contributed by atoms with Crippen molar-refractivity contribution < 1.29 is 8.22 Å². The number of fused-ring (bicyclic) bond motifs is 3. The van der Waals surface area contributed by atoms with Crippen molar-refractivity contribution in [2.75, 3.05) is 4.90 Å². The van der Waals surface area contributed by atoms with E-state index in [1.165, 1.54) is 11.3 Å². The van der Waals surface area contributed by atoms with Crippen LogP contribution in [0.25, 0.3) is 54.3 Å². The zero-order chi connectivity index (χ0) is 39.4. The number of nitrogens with zero attached hydrogens (tertiary/aromatic N) is 1. The smallest absolute Gasteiger partial charge is 0.0465 e. The molecule has 0 saturated carbocycles. The van der Waals surface area contributed by atoms with Crippen LogP contribution in [0.1, 0.15) is 33.1 Å². The summed E-state index contributed by atoms with van der Waals surface area (Å²) in [5.41, 5.74) is 7.92. The molecule has 0 fully saturated rings. The van der Waals surface area contributed by atoms with E-state index in [0.717, 1.165) is 49.6 Å². The van der Waals surface area contributed by atoms with E-state index in [-0.39, 0.29) is 5.56 Å². The standard InChI is InChI=1S/C49H37NS/c1-49(2)44-33-42(31-32-43(44)45-46(49)48(39-21-13-6-14-22-39)51-47(45)38-19-11-5-12-20-38)50(40-27-23-36(24-28-40)34-15-7-3-8-16-34)41-29-25-37(26-30-41)35-17-9-4-10-18-35/h3-33H,1-2H3/i1D3,2D3. The highest BCUT2D eigenvalue weighted by molar-refractivity contribution is 7.19. The molecule has 0 aliphatic heterocycles. The summed E-state index contributed by atoms with van der Waals surface area (Å²) >= 11 is 1.46. The second-order valence-electron chi connectivity index (χ2n) is 12.9. The van der Waals surface area contributed by atoms with E-state index >= 15 is 0 Å². The first-order valence-electron chi connectivity index (χ1n) is 20.1. The highest BCUT2D eigenvalue weighted by Crippen LogP contribution is 2.60. The zero-order valence-electron chi connectivity index (χ0n) is 33.8. The molecule has 0 N–H and O–H groups in total. The van der Waals surface area contributed by atoms with Gasteiger partial charge in [0, 0.05) is 46.0 Å². The number of thiophene rings is 1. The van der Waals surface area contributed by atoms with Gasteiger partial charge in [0.15, 0.2) is 0 Å². The zero-order valence-corrected chi connectivity index (χ0v) is 28.6. The van der Waals surface area contributed by atoms with Gasteiger partial charge in [0.05, 0.1) is 0 Å². The topological polar surface area (TPSA) is 3.24 Å². The Morgan fingerprint density at radius 3 is 1.31 bits per heavy atom. The third-order valence-electron chi connectivity index (χ3n) is 9.76. The van der Waals surface area contributed by atoms with Crippen molar-refractivity contribution >= 4 is 28.4 Å². The van der Waals surface area contributed by atoms with Gasteiger partial charge in [-0.2, -0.15) is 0 Å². The highest BCUT2D eigenvalue weighted by atomic mass is 32.1. The molecule has 0 amide bonds. The van der Waals surface area contributed by atoms with E-state index in [1.54, 1.807) is 0 Å². The van der Waals surface area contributed by atoms with Gasteiger partial charge in [0.1, 0.15) is 0 Å². The molecule has 0 radical (unpaired) electrons. The van der Waals surface area contributed by atoms with E-state index in [0.29, 0.717) is 27.3 Å². The van der Waals surface area contributed by atoms with Crippen molar-refractivity contribution in [3.63, 3.8) is 0 Å².